The minimum Gasteiger partial charge on any atom is -0.396 e. The molecule has 1 fully saturated rings. The van der Waals surface area contributed by atoms with Crippen LogP contribution < -0.4 is 5.32 Å². The lowest BCUT2D eigenvalue weighted by Gasteiger charge is -2.32. The molecule has 108 valence electrons. The van der Waals surface area contributed by atoms with Gasteiger partial charge in [0.25, 0.3) is 0 Å². The smallest absolute Gasteiger partial charge is 0.235 e. The number of aliphatic hydroxyl groups is 1. The van der Waals surface area contributed by atoms with E-state index in [0.717, 1.165) is 25.9 Å². The van der Waals surface area contributed by atoms with Crippen molar-refractivity contribution < 1.29 is 9.90 Å². The lowest BCUT2D eigenvalue weighted by atomic mass is 9.90. The molecular formula is C14H25N3O2. The maximum absolute atomic E-state index is 12.0. The van der Waals surface area contributed by atoms with Crippen LogP contribution in [0.5, 0.6) is 0 Å². The maximum atomic E-state index is 12.0. The van der Waals surface area contributed by atoms with Crippen LogP contribution in [0.1, 0.15) is 33.6 Å². The minimum atomic E-state index is -0.805. The van der Waals surface area contributed by atoms with Crippen LogP contribution in [0.4, 0.5) is 0 Å². The molecule has 0 aromatic rings. The first-order chi connectivity index (χ1) is 8.91. The van der Waals surface area contributed by atoms with Gasteiger partial charge in [0.05, 0.1) is 12.6 Å². The van der Waals surface area contributed by atoms with Crippen molar-refractivity contribution in [2.45, 2.75) is 39.2 Å². The van der Waals surface area contributed by atoms with Gasteiger partial charge in [-0.1, -0.05) is 13.8 Å². The molecule has 0 spiro atoms. The number of carbonyl (C=O) groups is 1. The molecule has 1 aliphatic rings. The quantitative estimate of drug-likeness (QED) is 0.770. The van der Waals surface area contributed by atoms with Gasteiger partial charge in [-0.25, -0.2) is 0 Å². The van der Waals surface area contributed by atoms with Crippen LogP contribution in [0, 0.1) is 23.2 Å². The largest absolute Gasteiger partial charge is 0.396 e. The summed E-state index contributed by atoms with van der Waals surface area (Å²) in [6.45, 7) is 7.86. The highest BCUT2D eigenvalue weighted by Gasteiger charge is 2.30. The molecule has 1 rings (SSSR count). The Bertz CT molecular complexity index is 343. The Morgan fingerprint density at radius 2 is 2.11 bits per heavy atom. The highest BCUT2D eigenvalue weighted by atomic mass is 16.3. The lowest BCUT2D eigenvalue weighted by molar-refractivity contribution is -0.124. The van der Waals surface area contributed by atoms with Crippen molar-refractivity contribution in [3.63, 3.8) is 0 Å². The summed E-state index contributed by atoms with van der Waals surface area (Å²) in [6, 6.07) is 2.18. The Morgan fingerprint density at radius 3 is 2.53 bits per heavy atom. The van der Waals surface area contributed by atoms with E-state index in [9.17, 15) is 10.1 Å². The van der Waals surface area contributed by atoms with Crippen LogP contribution in [-0.4, -0.2) is 47.7 Å². The second-order valence-electron chi connectivity index (χ2n) is 5.92. The van der Waals surface area contributed by atoms with Crippen molar-refractivity contribution >= 4 is 5.91 Å². The predicted octanol–water partition coefficient (Wildman–Crippen LogP) is 0.745. The van der Waals surface area contributed by atoms with Crippen molar-refractivity contribution in [1.29, 1.82) is 5.26 Å². The second-order valence-corrected chi connectivity index (χ2v) is 5.92. The summed E-state index contributed by atoms with van der Waals surface area (Å²) in [5, 5.41) is 21.1. The van der Waals surface area contributed by atoms with Gasteiger partial charge in [0.15, 0.2) is 0 Å². The van der Waals surface area contributed by atoms with Gasteiger partial charge in [0.2, 0.25) is 5.91 Å². The number of nitrogens with one attached hydrogen (secondary N) is 1. The molecule has 1 atom stereocenters. The summed E-state index contributed by atoms with van der Waals surface area (Å²) in [5.74, 6) is 0.348. The summed E-state index contributed by atoms with van der Waals surface area (Å²) < 4.78 is 0. The first-order valence-corrected chi connectivity index (χ1v) is 6.96. The molecule has 5 nitrogen and oxygen atoms in total. The standard InChI is InChI=1S/C14H25N3O2/c1-11(2)14(3,10-15)16-13(19)8-17-6-4-12(9-18)5-7-17/h11-12,18H,4-9H2,1-3H3,(H,16,19). The van der Waals surface area contributed by atoms with Gasteiger partial charge in [-0.15, -0.1) is 0 Å². The van der Waals surface area contributed by atoms with Crippen molar-refractivity contribution in [2.24, 2.45) is 11.8 Å². The molecule has 1 unspecified atom stereocenters. The zero-order valence-electron chi connectivity index (χ0n) is 12.1. The van der Waals surface area contributed by atoms with E-state index in [0.29, 0.717) is 12.5 Å². The SMILES string of the molecule is CC(C)C(C)(C#N)NC(=O)CN1CCC(CO)CC1. The minimum absolute atomic E-state index is 0.0709. The molecule has 19 heavy (non-hydrogen) atoms. The Labute approximate surface area is 115 Å². The van der Waals surface area contributed by atoms with Crippen molar-refractivity contribution in [3.05, 3.63) is 0 Å². The number of amides is 1. The van der Waals surface area contributed by atoms with E-state index in [1.807, 2.05) is 13.8 Å². The predicted molar refractivity (Wildman–Crippen MR) is 73.2 cm³/mol. The zero-order valence-corrected chi connectivity index (χ0v) is 12.1. The number of nitrogens with zero attached hydrogens (tertiary/aromatic N) is 2. The molecule has 1 aliphatic heterocycles. The molecule has 1 saturated heterocycles. The average Bonchev–Trinajstić information content (AvgIpc) is 2.39. The topological polar surface area (TPSA) is 76.4 Å². The van der Waals surface area contributed by atoms with Crippen LogP contribution in [0.2, 0.25) is 0 Å². The van der Waals surface area contributed by atoms with Gasteiger partial charge < -0.3 is 10.4 Å². The molecule has 1 heterocycles. The van der Waals surface area contributed by atoms with E-state index in [2.05, 4.69) is 16.3 Å². The summed E-state index contributed by atoms with van der Waals surface area (Å²) in [7, 11) is 0. The molecule has 0 aliphatic carbocycles. The monoisotopic (exact) mass is 267 g/mol. The van der Waals surface area contributed by atoms with Gasteiger partial charge in [0.1, 0.15) is 5.54 Å². The van der Waals surface area contributed by atoms with Crippen LogP contribution in [-0.2, 0) is 4.79 Å². The summed E-state index contributed by atoms with van der Waals surface area (Å²) in [5.41, 5.74) is -0.805. The highest BCUT2D eigenvalue weighted by molar-refractivity contribution is 5.79. The average molecular weight is 267 g/mol. The van der Waals surface area contributed by atoms with E-state index in [1.165, 1.54) is 0 Å². The third-order valence-electron chi connectivity index (χ3n) is 4.12. The molecule has 0 aromatic heterocycles. The molecule has 0 aromatic carbocycles. The maximum Gasteiger partial charge on any atom is 0.235 e. The Morgan fingerprint density at radius 1 is 1.53 bits per heavy atom. The normalized spacial score (nSPS) is 20.8. The fraction of sp³-hybridized carbons (Fsp3) is 0.857. The van der Waals surface area contributed by atoms with Gasteiger partial charge in [-0.2, -0.15) is 5.26 Å². The molecule has 0 bridgehead atoms. The molecule has 0 saturated carbocycles. The van der Waals surface area contributed by atoms with Crippen LogP contribution in [0.3, 0.4) is 0 Å². The molecule has 0 radical (unpaired) electrons. The van der Waals surface area contributed by atoms with E-state index in [1.54, 1.807) is 6.92 Å². The Hall–Kier alpha value is -1.12. The lowest BCUT2D eigenvalue weighted by Crippen LogP contribution is -2.52. The summed E-state index contributed by atoms with van der Waals surface area (Å²) in [4.78, 5) is 14.1. The first kappa shape index (κ1) is 15.9. The number of rotatable bonds is 5. The van der Waals surface area contributed by atoms with Crippen LogP contribution in [0.25, 0.3) is 0 Å². The number of hydrogen-bond acceptors (Lipinski definition) is 4. The number of likely N-dealkylation sites (tertiary alicyclic amines) is 1. The van der Waals surface area contributed by atoms with Crippen molar-refractivity contribution in [2.75, 3.05) is 26.2 Å². The van der Waals surface area contributed by atoms with Gasteiger partial charge in [-0.05, 0) is 44.7 Å². The number of aliphatic hydroxyl groups excluding tert-OH is 1. The number of carbonyl (C=O) groups excluding carboxylic acids is 1. The van der Waals surface area contributed by atoms with Crippen molar-refractivity contribution in [1.82, 2.24) is 10.2 Å². The number of hydrogen-bond donors (Lipinski definition) is 2. The summed E-state index contributed by atoms with van der Waals surface area (Å²) >= 11 is 0. The van der Waals surface area contributed by atoms with E-state index >= 15 is 0 Å². The molecule has 1 amide bonds. The first-order valence-electron chi connectivity index (χ1n) is 6.96. The third-order valence-corrected chi connectivity index (χ3v) is 4.12. The molecular weight excluding hydrogens is 242 g/mol. The Kier molecular flexibility index (Phi) is 5.77. The Balaban J connectivity index is 2.42. The fourth-order valence-corrected chi connectivity index (χ4v) is 2.16. The van der Waals surface area contributed by atoms with E-state index < -0.39 is 5.54 Å². The number of nitriles is 1. The second kappa shape index (κ2) is 6.88. The third kappa shape index (κ3) is 4.48. The van der Waals surface area contributed by atoms with Gasteiger partial charge in [0, 0.05) is 6.61 Å². The van der Waals surface area contributed by atoms with E-state index in [4.69, 9.17) is 5.11 Å². The highest BCUT2D eigenvalue weighted by Crippen LogP contribution is 2.17. The van der Waals surface area contributed by atoms with Gasteiger partial charge in [-0.3, -0.25) is 9.69 Å². The van der Waals surface area contributed by atoms with Crippen molar-refractivity contribution in [3.8, 4) is 6.07 Å². The fourth-order valence-electron chi connectivity index (χ4n) is 2.16. The molecule has 2 N–H and O–H groups in total. The number of piperidine rings is 1. The summed E-state index contributed by atoms with van der Waals surface area (Å²) in [6.07, 6.45) is 1.87. The zero-order chi connectivity index (χ0) is 14.5. The van der Waals surface area contributed by atoms with Gasteiger partial charge >= 0.3 is 0 Å². The van der Waals surface area contributed by atoms with E-state index in [-0.39, 0.29) is 18.4 Å². The van der Waals surface area contributed by atoms with Crippen LogP contribution >= 0.6 is 0 Å². The molecule has 5 heteroatoms. The van der Waals surface area contributed by atoms with Crippen LogP contribution in [0.15, 0.2) is 0 Å².